The van der Waals surface area contributed by atoms with Crippen LogP contribution in [0, 0.1) is 11.3 Å². The van der Waals surface area contributed by atoms with Gasteiger partial charge in [0.1, 0.15) is 0 Å². The van der Waals surface area contributed by atoms with Gasteiger partial charge in [0.25, 0.3) is 0 Å². The van der Waals surface area contributed by atoms with Crippen LogP contribution in [0.5, 0.6) is 0 Å². The molecule has 0 spiro atoms. The van der Waals surface area contributed by atoms with Gasteiger partial charge in [-0.15, -0.1) is 0 Å². The summed E-state index contributed by atoms with van der Waals surface area (Å²) >= 11 is 0. The lowest BCUT2D eigenvalue weighted by atomic mass is 9.66. The van der Waals surface area contributed by atoms with Crippen molar-refractivity contribution in [2.45, 2.75) is 40.0 Å². The second-order valence-corrected chi connectivity index (χ2v) is 11.7. The Bertz CT molecular complexity index is 1960. The molecule has 2 heteroatoms. The molecule has 188 valence electrons. The van der Waals surface area contributed by atoms with Crippen molar-refractivity contribution in [3.63, 3.8) is 0 Å². The van der Waals surface area contributed by atoms with E-state index in [0.717, 1.165) is 6.42 Å². The zero-order valence-corrected chi connectivity index (χ0v) is 22.6. The van der Waals surface area contributed by atoms with E-state index in [1.165, 1.54) is 65.5 Å². The summed E-state index contributed by atoms with van der Waals surface area (Å²) in [7, 11) is 0. The largest absolute Gasteiger partial charge is 0.354 e. The fourth-order valence-corrected chi connectivity index (χ4v) is 6.50. The second kappa shape index (κ2) is 8.49. The smallest absolute Gasteiger partial charge is 0.0472 e. The van der Waals surface area contributed by atoms with Crippen molar-refractivity contribution in [1.82, 2.24) is 9.97 Å². The minimum absolute atomic E-state index is 0.205. The predicted octanol–water partition coefficient (Wildman–Crippen LogP) is 10.3. The van der Waals surface area contributed by atoms with E-state index in [0.29, 0.717) is 11.8 Å². The van der Waals surface area contributed by atoms with E-state index in [1.807, 2.05) is 0 Å². The van der Waals surface area contributed by atoms with Gasteiger partial charge in [-0.25, -0.2) is 0 Å². The molecule has 38 heavy (non-hydrogen) atoms. The maximum Gasteiger partial charge on any atom is 0.0472 e. The number of rotatable bonds is 5. The third kappa shape index (κ3) is 3.47. The lowest BCUT2D eigenvalue weighted by Crippen LogP contribution is -2.27. The summed E-state index contributed by atoms with van der Waals surface area (Å²) in [5, 5.41) is 7.77. The van der Waals surface area contributed by atoms with E-state index in [1.54, 1.807) is 0 Å². The van der Waals surface area contributed by atoms with E-state index in [-0.39, 0.29) is 5.41 Å². The van der Waals surface area contributed by atoms with Crippen molar-refractivity contribution in [2.75, 3.05) is 0 Å². The molecule has 0 bridgehead atoms. The lowest BCUT2D eigenvalue weighted by Gasteiger charge is -2.38. The van der Waals surface area contributed by atoms with Crippen molar-refractivity contribution in [3.05, 3.63) is 108 Å². The average molecular weight is 495 g/mol. The molecule has 0 saturated carbocycles. The lowest BCUT2D eigenvalue weighted by molar-refractivity contribution is 0.201. The quantitative estimate of drug-likeness (QED) is 0.238. The molecule has 2 unspecified atom stereocenters. The van der Waals surface area contributed by atoms with Gasteiger partial charge in [-0.05, 0) is 57.5 Å². The summed E-state index contributed by atoms with van der Waals surface area (Å²) in [5.74, 6) is 0.759. The third-order valence-electron chi connectivity index (χ3n) is 9.41. The van der Waals surface area contributed by atoms with Crippen LogP contribution in [-0.2, 0) is 0 Å². The minimum atomic E-state index is 0.205. The Hall–Kier alpha value is -4.04. The van der Waals surface area contributed by atoms with Crippen LogP contribution in [-0.4, -0.2) is 9.97 Å². The molecule has 2 aromatic heterocycles. The minimum Gasteiger partial charge on any atom is -0.354 e. The first-order valence-corrected chi connectivity index (χ1v) is 13.9. The van der Waals surface area contributed by atoms with Gasteiger partial charge in [-0.2, -0.15) is 0 Å². The fraction of sp³-hybridized carbons (Fsp3) is 0.222. The first-order chi connectivity index (χ1) is 18.4. The maximum atomic E-state index is 3.79. The summed E-state index contributed by atoms with van der Waals surface area (Å²) in [6.07, 6.45) is 1.14. The summed E-state index contributed by atoms with van der Waals surface area (Å²) < 4.78 is 0. The van der Waals surface area contributed by atoms with E-state index in [2.05, 4.69) is 135 Å². The number of nitrogens with one attached hydrogen (secondary N) is 2. The molecule has 0 saturated heterocycles. The normalized spacial score (nSPS) is 14.2. The summed E-state index contributed by atoms with van der Waals surface area (Å²) in [4.78, 5) is 7.40. The van der Waals surface area contributed by atoms with Crippen LogP contribution in [0.3, 0.4) is 0 Å². The number of hydrogen-bond donors (Lipinski definition) is 2. The van der Waals surface area contributed by atoms with Gasteiger partial charge in [0, 0.05) is 49.5 Å². The van der Waals surface area contributed by atoms with Crippen molar-refractivity contribution < 1.29 is 0 Å². The molecule has 5 aromatic carbocycles. The highest BCUT2D eigenvalue weighted by molar-refractivity contribution is 6.17. The molecule has 7 rings (SSSR count). The second-order valence-electron chi connectivity index (χ2n) is 11.7. The molecular weight excluding hydrogens is 460 g/mol. The van der Waals surface area contributed by atoms with Crippen molar-refractivity contribution >= 4 is 54.4 Å². The number of hydrogen-bond acceptors (Lipinski definition) is 0. The van der Waals surface area contributed by atoms with Crippen LogP contribution >= 0.6 is 0 Å². The van der Waals surface area contributed by atoms with Gasteiger partial charge >= 0.3 is 0 Å². The highest BCUT2D eigenvalue weighted by Gasteiger charge is 2.33. The number of fused-ring (bicyclic) bond motifs is 7. The van der Waals surface area contributed by atoms with Gasteiger partial charge < -0.3 is 9.97 Å². The highest BCUT2D eigenvalue weighted by Crippen LogP contribution is 2.46. The Morgan fingerprint density at radius 3 is 1.97 bits per heavy atom. The Morgan fingerprint density at radius 1 is 0.605 bits per heavy atom. The number of para-hydroxylation sites is 1. The SMILES string of the molecule is CCC(C)(C)C(C)C(c1ccc2c(c1)[nH]c1cc3c(cc12)[nH]c1ccccc13)c1cccc2ccccc12. The number of H-pyrrole nitrogens is 2. The number of benzene rings is 5. The molecule has 2 atom stereocenters. The van der Waals surface area contributed by atoms with Crippen LogP contribution in [0.1, 0.15) is 51.2 Å². The van der Waals surface area contributed by atoms with Crippen LogP contribution in [0.2, 0.25) is 0 Å². The molecule has 0 aliphatic heterocycles. The van der Waals surface area contributed by atoms with E-state index in [4.69, 9.17) is 0 Å². The topological polar surface area (TPSA) is 31.6 Å². The van der Waals surface area contributed by atoms with Gasteiger partial charge in [-0.3, -0.25) is 0 Å². The molecule has 0 amide bonds. The summed E-state index contributed by atoms with van der Waals surface area (Å²) in [5.41, 5.74) is 7.79. The molecule has 7 aromatic rings. The fourth-order valence-electron chi connectivity index (χ4n) is 6.50. The number of aromatic nitrogens is 2. The maximum absolute atomic E-state index is 3.79. The van der Waals surface area contributed by atoms with Crippen LogP contribution in [0.15, 0.2) is 97.1 Å². The van der Waals surface area contributed by atoms with E-state index in [9.17, 15) is 0 Å². The first kappa shape index (κ1) is 23.1. The molecule has 0 radical (unpaired) electrons. The van der Waals surface area contributed by atoms with Gasteiger partial charge in [0.2, 0.25) is 0 Å². The molecule has 2 nitrogen and oxygen atoms in total. The zero-order chi connectivity index (χ0) is 26.0. The van der Waals surface area contributed by atoms with E-state index < -0.39 is 0 Å². The van der Waals surface area contributed by atoms with E-state index >= 15 is 0 Å². The van der Waals surface area contributed by atoms with Crippen molar-refractivity contribution in [1.29, 1.82) is 0 Å². The first-order valence-electron chi connectivity index (χ1n) is 13.9. The molecule has 2 heterocycles. The Balaban J connectivity index is 1.44. The van der Waals surface area contributed by atoms with Crippen LogP contribution in [0.25, 0.3) is 54.4 Å². The van der Waals surface area contributed by atoms with Crippen LogP contribution in [0.4, 0.5) is 0 Å². The Kier molecular flexibility index (Phi) is 5.16. The van der Waals surface area contributed by atoms with Crippen molar-refractivity contribution in [2.24, 2.45) is 11.3 Å². The van der Waals surface area contributed by atoms with Gasteiger partial charge in [-0.1, -0.05) is 107 Å². The average Bonchev–Trinajstić information content (AvgIpc) is 3.48. The third-order valence-corrected chi connectivity index (χ3v) is 9.41. The Labute approximate surface area is 223 Å². The standard InChI is InChI=1S/C36H34N2/c1-5-36(3,4)22(2)35(28-15-10-12-23-11-6-7-13-25(23)28)24-17-18-27-30-21-33-29(20-34(30)38-32(27)19-24)26-14-8-9-16-31(26)37-33/h6-22,35,37-38H,5H2,1-4H3. The molecule has 0 aliphatic rings. The molecule has 0 fully saturated rings. The zero-order valence-electron chi connectivity index (χ0n) is 22.6. The number of aromatic amines is 2. The molecular formula is C36H34N2. The molecule has 2 N–H and O–H groups in total. The van der Waals surface area contributed by atoms with Crippen molar-refractivity contribution in [3.8, 4) is 0 Å². The predicted molar refractivity (Wildman–Crippen MR) is 164 cm³/mol. The highest BCUT2D eigenvalue weighted by atomic mass is 14.7. The van der Waals surface area contributed by atoms with Gasteiger partial charge in [0.05, 0.1) is 0 Å². The summed E-state index contributed by atoms with van der Waals surface area (Å²) in [6.45, 7) is 9.61. The Morgan fingerprint density at radius 2 is 1.21 bits per heavy atom. The molecule has 0 aliphatic carbocycles. The van der Waals surface area contributed by atoms with Crippen LogP contribution < -0.4 is 0 Å². The van der Waals surface area contributed by atoms with Gasteiger partial charge in [0.15, 0.2) is 0 Å². The monoisotopic (exact) mass is 494 g/mol. The summed E-state index contributed by atoms with van der Waals surface area (Å²) in [6, 6.07) is 36.0.